The van der Waals surface area contributed by atoms with Crippen LogP contribution in [-0.4, -0.2) is 45.8 Å². The summed E-state index contributed by atoms with van der Waals surface area (Å²) in [6.07, 6.45) is 0.985. The Kier molecular flexibility index (Phi) is 4.42. The summed E-state index contributed by atoms with van der Waals surface area (Å²) in [7, 11) is -0.0886. The quantitative estimate of drug-likeness (QED) is 0.746. The zero-order valence-electron chi connectivity index (χ0n) is 11.6. The topological polar surface area (TPSA) is 78.5 Å². The van der Waals surface area contributed by atoms with Gasteiger partial charge >= 0.3 is 0 Å². The fraction of sp³-hybridized carbons (Fsp3) is 0.462. The minimum Gasteiger partial charge on any atom is -0.326 e. The molecule has 0 unspecified atom stereocenters. The maximum atomic E-state index is 12.4. The average molecular weight is 297 g/mol. The lowest BCUT2D eigenvalue weighted by molar-refractivity contribution is -0.115. The van der Waals surface area contributed by atoms with Crippen LogP contribution in [0.3, 0.4) is 0 Å². The van der Waals surface area contributed by atoms with Gasteiger partial charge in [-0.05, 0) is 43.8 Å². The first-order valence-corrected chi connectivity index (χ1v) is 7.93. The summed E-state index contributed by atoms with van der Waals surface area (Å²) in [5, 5.41) is 5.68. The fourth-order valence-corrected chi connectivity index (χ4v) is 3.41. The van der Waals surface area contributed by atoms with Gasteiger partial charge in [-0.25, -0.2) is 12.7 Å². The number of benzene rings is 1. The molecule has 7 heteroatoms. The Bertz CT molecular complexity index is 613. The SMILES string of the molecule is CNCCCN(C)S(=O)(=O)c1ccc2c(c1)CC(=O)N2. The minimum atomic E-state index is -3.49. The Morgan fingerprint density at radius 2 is 2.15 bits per heavy atom. The van der Waals surface area contributed by atoms with Crippen LogP contribution < -0.4 is 10.6 Å². The predicted octanol–water partition coefficient (Wildman–Crippen LogP) is 0.411. The molecule has 0 spiro atoms. The second kappa shape index (κ2) is 5.90. The summed E-state index contributed by atoms with van der Waals surface area (Å²) in [5.41, 5.74) is 1.44. The first-order valence-electron chi connectivity index (χ1n) is 6.49. The zero-order chi connectivity index (χ0) is 14.8. The number of fused-ring (bicyclic) bond motifs is 1. The lowest BCUT2D eigenvalue weighted by Crippen LogP contribution is -2.29. The molecule has 0 saturated carbocycles. The van der Waals surface area contributed by atoms with Crippen LogP contribution in [0.15, 0.2) is 23.1 Å². The molecular formula is C13H19N3O3S. The van der Waals surface area contributed by atoms with Gasteiger partial charge in [0, 0.05) is 19.3 Å². The number of amides is 1. The van der Waals surface area contributed by atoms with Gasteiger partial charge in [0.2, 0.25) is 15.9 Å². The van der Waals surface area contributed by atoms with Crippen molar-refractivity contribution in [2.45, 2.75) is 17.7 Å². The van der Waals surface area contributed by atoms with Crippen molar-refractivity contribution in [3.63, 3.8) is 0 Å². The van der Waals surface area contributed by atoms with Crippen LogP contribution in [0.4, 0.5) is 5.69 Å². The molecule has 1 amide bonds. The Labute approximate surface area is 119 Å². The summed E-state index contributed by atoms with van der Waals surface area (Å²) >= 11 is 0. The molecule has 2 N–H and O–H groups in total. The van der Waals surface area contributed by atoms with Crippen molar-refractivity contribution >= 4 is 21.6 Å². The average Bonchev–Trinajstić information content (AvgIpc) is 2.77. The van der Waals surface area contributed by atoms with Crippen molar-refractivity contribution in [2.24, 2.45) is 0 Å². The molecule has 6 nitrogen and oxygen atoms in total. The van der Waals surface area contributed by atoms with Gasteiger partial charge in [-0.3, -0.25) is 4.79 Å². The Morgan fingerprint density at radius 3 is 2.85 bits per heavy atom. The molecule has 1 aromatic carbocycles. The second-order valence-electron chi connectivity index (χ2n) is 4.83. The van der Waals surface area contributed by atoms with Crippen LogP contribution in [0.5, 0.6) is 0 Å². The van der Waals surface area contributed by atoms with Gasteiger partial charge in [0.1, 0.15) is 0 Å². The van der Waals surface area contributed by atoms with Crippen LogP contribution in [0.1, 0.15) is 12.0 Å². The number of carbonyl (C=O) groups is 1. The molecule has 0 bridgehead atoms. The molecule has 0 atom stereocenters. The van der Waals surface area contributed by atoms with Gasteiger partial charge in [-0.1, -0.05) is 0 Å². The number of nitrogens with zero attached hydrogens (tertiary/aromatic N) is 1. The molecule has 0 saturated heterocycles. The van der Waals surface area contributed by atoms with Crippen LogP contribution in [-0.2, 0) is 21.2 Å². The third kappa shape index (κ3) is 3.00. The van der Waals surface area contributed by atoms with Crippen molar-refractivity contribution in [1.29, 1.82) is 0 Å². The van der Waals surface area contributed by atoms with Crippen LogP contribution in [0.25, 0.3) is 0 Å². The van der Waals surface area contributed by atoms with Crippen molar-refractivity contribution in [1.82, 2.24) is 9.62 Å². The van der Waals surface area contributed by atoms with E-state index in [0.717, 1.165) is 18.5 Å². The molecule has 20 heavy (non-hydrogen) atoms. The Hall–Kier alpha value is -1.44. The van der Waals surface area contributed by atoms with Gasteiger partial charge in [0.25, 0.3) is 0 Å². The number of rotatable bonds is 6. The maximum Gasteiger partial charge on any atom is 0.242 e. The summed E-state index contributed by atoms with van der Waals surface area (Å²) < 4.78 is 26.2. The van der Waals surface area contributed by atoms with Crippen molar-refractivity contribution in [2.75, 3.05) is 32.5 Å². The van der Waals surface area contributed by atoms with E-state index in [-0.39, 0.29) is 17.2 Å². The molecule has 1 aromatic rings. The van der Waals surface area contributed by atoms with Crippen LogP contribution in [0, 0.1) is 0 Å². The van der Waals surface area contributed by atoms with E-state index in [1.54, 1.807) is 19.2 Å². The molecule has 0 aromatic heterocycles. The van der Waals surface area contributed by atoms with Crippen molar-refractivity contribution in [3.8, 4) is 0 Å². The van der Waals surface area contributed by atoms with Crippen molar-refractivity contribution in [3.05, 3.63) is 23.8 Å². The van der Waals surface area contributed by atoms with Gasteiger partial charge in [-0.15, -0.1) is 0 Å². The normalized spacial score (nSPS) is 14.4. The second-order valence-corrected chi connectivity index (χ2v) is 6.87. The summed E-state index contributed by atoms with van der Waals surface area (Å²) in [6, 6.07) is 4.76. The molecule has 1 aliphatic rings. The molecule has 0 fully saturated rings. The molecule has 1 heterocycles. The molecule has 0 aliphatic carbocycles. The van der Waals surface area contributed by atoms with Crippen molar-refractivity contribution < 1.29 is 13.2 Å². The lowest BCUT2D eigenvalue weighted by Gasteiger charge is -2.17. The molecule has 0 radical (unpaired) electrons. The van der Waals surface area contributed by atoms with Crippen LogP contribution >= 0.6 is 0 Å². The number of hydrogen-bond acceptors (Lipinski definition) is 4. The number of anilines is 1. The van der Waals surface area contributed by atoms with E-state index in [1.807, 2.05) is 7.05 Å². The molecule has 1 aliphatic heterocycles. The van der Waals surface area contributed by atoms with E-state index in [4.69, 9.17) is 0 Å². The van der Waals surface area contributed by atoms with E-state index in [9.17, 15) is 13.2 Å². The Balaban J connectivity index is 2.18. The number of carbonyl (C=O) groups excluding carboxylic acids is 1. The highest BCUT2D eigenvalue weighted by molar-refractivity contribution is 7.89. The number of sulfonamides is 1. The zero-order valence-corrected chi connectivity index (χ0v) is 12.5. The highest BCUT2D eigenvalue weighted by atomic mass is 32.2. The van der Waals surface area contributed by atoms with Crippen LogP contribution in [0.2, 0.25) is 0 Å². The largest absolute Gasteiger partial charge is 0.326 e. The molecule has 110 valence electrons. The van der Waals surface area contributed by atoms with E-state index in [2.05, 4.69) is 10.6 Å². The van der Waals surface area contributed by atoms with E-state index >= 15 is 0 Å². The first-order chi connectivity index (χ1) is 9.45. The number of hydrogen-bond donors (Lipinski definition) is 2. The minimum absolute atomic E-state index is 0.100. The lowest BCUT2D eigenvalue weighted by atomic mass is 10.2. The third-order valence-electron chi connectivity index (χ3n) is 3.31. The fourth-order valence-electron chi connectivity index (χ4n) is 2.14. The maximum absolute atomic E-state index is 12.4. The summed E-state index contributed by atoms with van der Waals surface area (Å²) in [4.78, 5) is 11.5. The first kappa shape index (κ1) is 15.0. The summed E-state index contributed by atoms with van der Waals surface area (Å²) in [5.74, 6) is -0.100. The molecular weight excluding hydrogens is 278 g/mol. The molecule has 2 rings (SSSR count). The van der Waals surface area contributed by atoms with Gasteiger partial charge in [-0.2, -0.15) is 0 Å². The predicted molar refractivity (Wildman–Crippen MR) is 77.1 cm³/mol. The standard InChI is InChI=1S/C13H19N3O3S/c1-14-6-3-7-16(2)20(18,19)11-4-5-12-10(8-11)9-13(17)15-12/h4-5,8,14H,3,6-7,9H2,1-2H3,(H,15,17). The van der Waals surface area contributed by atoms with E-state index < -0.39 is 10.0 Å². The van der Waals surface area contributed by atoms with E-state index in [1.165, 1.54) is 10.4 Å². The number of nitrogens with one attached hydrogen (secondary N) is 2. The smallest absolute Gasteiger partial charge is 0.242 e. The highest BCUT2D eigenvalue weighted by Crippen LogP contribution is 2.26. The van der Waals surface area contributed by atoms with Gasteiger partial charge < -0.3 is 10.6 Å². The van der Waals surface area contributed by atoms with E-state index in [0.29, 0.717) is 12.2 Å². The monoisotopic (exact) mass is 297 g/mol. The van der Waals surface area contributed by atoms with Gasteiger partial charge in [0.15, 0.2) is 0 Å². The van der Waals surface area contributed by atoms with Gasteiger partial charge in [0.05, 0.1) is 11.3 Å². The third-order valence-corrected chi connectivity index (χ3v) is 5.16. The highest BCUT2D eigenvalue weighted by Gasteiger charge is 2.24. The Morgan fingerprint density at radius 1 is 1.40 bits per heavy atom. The summed E-state index contributed by atoms with van der Waals surface area (Å²) in [6.45, 7) is 1.22.